The van der Waals surface area contributed by atoms with Crippen molar-refractivity contribution in [2.24, 2.45) is 5.92 Å². The van der Waals surface area contributed by atoms with Gasteiger partial charge in [-0.15, -0.1) is 0 Å². The van der Waals surface area contributed by atoms with E-state index in [0.717, 1.165) is 8.78 Å². The third kappa shape index (κ3) is 4.02. The maximum absolute atomic E-state index is 12.2. The molecule has 7 heteroatoms. The molecular weight excluding hydrogens is 334 g/mol. The van der Waals surface area contributed by atoms with E-state index in [1.807, 2.05) is 0 Å². The zero-order valence-electron chi connectivity index (χ0n) is 11.0. The lowest BCUT2D eigenvalue weighted by Crippen LogP contribution is -2.34. The summed E-state index contributed by atoms with van der Waals surface area (Å²) in [5.41, 5.74) is 0. The highest BCUT2D eigenvalue weighted by Crippen LogP contribution is 2.18. The first-order valence-corrected chi connectivity index (χ1v) is 7.82. The zero-order chi connectivity index (χ0) is 14.6. The van der Waals surface area contributed by atoms with E-state index in [1.165, 1.54) is 26.3 Å². The molecule has 1 rings (SSSR count). The topological polar surface area (TPSA) is 63.7 Å². The SMILES string of the molecule is COC(=O)C(C)CN(C)S(=O)(=O)c1ccc(Br)cc1. The quantitative estimate of drug-likeness (QED) is 0.761. The Kier molecular flexibility index (Phi) is 5.51. The third-order valence-corrected chi connectivity index (χ3v) is 5.02. The fourth-order valence-corrected chi connectivity index (χ4v) is 3.07. The predicted molar refractivity (Wildman–Crippen MR) is 75.1 cm³/mol. The van der Waals surface area contributed by atoms with Crippen LogP contribution in [0, 0.1) is 5.92 Å². The van der Waals surface area contributed by atoms with Gasteiger partial charge < -0.3 is 4.74 Å². The van der Waals surface area contributed by atoms with E-state index in [1.54, 1.807) is 19.1 Å². The number of halogens is 1. The Bertz CT molecular complexity index is 541. The van der Waals surface area contributed by atoms with E-state index in [4.69, 9.17) is 0 Å². The highest BCUT2D eigenvalue weighted by molar-refractivity contribution is 9.10. The van der Waals surface area contributed by atoms with Crippen molar-refractivity contribution in [1.29, 1.82) is 0 Å². The van der Waals surface area contributed by atoms with Crippen LogP contribution >= 0.6 is 15.9 Å². The first-order valence-electron chi connectivity index (χ1n) is 5.58. The van der Waals surface area contributed by atoms with Crippen LogP contribution in [0.4, 0.5) is 0 Å². The summed E-state index contributed by atoms with van der Waals surface area (Å²) in [5.74, 6) is -0.946. The van der Waals surface area contributed by atoms with Gasteiger partial charge in [-0.3, -0.25) is 4.79 Å². The van der Waals surface area contributed by atoms with E-state index < -0.39 is 21.9 Å². The molecule has 1 aromatic carbocycles. The molecule has 0 amide bonds. The fraction of sp³-hybridized carbons (Fsp3) is 0.417. The summed E-state index contributed by atoms with van der Waals surface area (Å²) in [6.45, 7) is 1.70. The number of hydrogen-bond acceptors (Lipinski definition) is 4. The van der Waals surface area contributed by atoms with Gasteiger partial charge in [-0.2, -0.15) is 0 Å². The Morgan fingerprint density at radius 1 is 1.37 bits per heavy atom. The molecule has 0 N–H and O–H groups in total. The Morgan fingerprint density at radius 2 is 1.89 bits per heavy atom. The van der Waals surface area contributed by atoms with Gasteiger partial charge in [0, 0.05) is 18.1 Å². The number of carbonyl (C=O) groups excluding carboxylic acids is 1. The largest absolute Gasteiger partial charge is 0.469 e. The number of hydrogen-bond donors (Lipinski definition) is 0. The molecule has 1 unspecified atom stereocenters. The summed E-state index contributed by atoms with van der Waals surface area (Å²) in [4.78, 5) is 11.5. The van der Waals surface area contributed by atoms with E-state index in [2.05, 4.69) is 20.7 Å². The first kappa shape index (κ1) is 16.1. The predicted octanol–water partition coefficient (Wildman–Crippen LogP) is 1.88. The van der Waals surface area contributed by atoms with Crippen LogP contribution in [0.3, 0.4) is 0 Å². The molecule has 0 bridgehead atoms. The van der Waals surface area contributed by atoms with Gasteiger partial charge >= 0.3 is 5.97 Å². The van der Waals surface area contributed by atoms with Crippen molar-refractivity contribution in [3.8, 4) is 0 Å². The Hall–Kier alpha value is -0.920. The molecule has 0 spiro atoms. The normalized spacial score (nSPS) is 13.3. The first-order chi connectivity index (χ1) is 8.78. The van der Waals surface area contributed by atoms with Crippen LogP contribution in [0.5, 0.6) is 0 Å². The molecule has 0 aliphatic rings. The molecule has 0 saturated heterocycles. The van der Waals surface area contributed by atoms with Gasteiger partial charge in [0.2, 0.25) is 10.0 Å². The highest BCUT2D eigenvalue weighted by Gasteiger charge is 2.25. The number of esters is 1. The molecule has 0 saturated carbocycles. The lowest BCUT2D eigenvalue weighted by molar-refractivity contribution is -0.144. The number of sulfonamides is 1. The van der Waals surface area contributed by atoms with Crippen LogP contribution in [0.2, 0.25) is 0 Å². The van der Waals surface area contributed by atoms with Crippen molar-refractivity contribution < 1.29 is 17.9 Å². The van der Waals surface area contributed by atoms with E-state index in [9.17, 15) is 13.2 Å². The minimum absolute atomic E-state index is 0.0745. The molecule has 0 aromatic heterocycles. The molecule has 0 aliphatic heterocycles. The highest BCUT2D eigenvalue weighted by atomic mass is 79.9. The summed E-state index contributed by atoms with van der Waals surface area (Å²) in [6, 6.07) is 6.34. The minimum Gasteiger partial charge on any atom is -0.469 e. The molecule has 19 heavy (non-hydrogen) atoms. The average molecular weight is 350 g/mol. The van der Waals surface area contributed by atoms with Gasteiger partial charge in [0.15, 0.2) is 0 Å². The molecule has 5 nitrogen and oxygen atoms in total. The average Bonchev–Trinajstić information content (AvgIpc) is 2.38. The van der Waals surface area contributed by atoms with Crippen molar-refractivity contribution >= 4 is 31.9 Å². The second-order valence-electron chi connectivity index (χ2n) is 4.16. The van der Waals surface area contributed by atoms with Crippen LogP contribution in [0.25, 0.3) is 0 Å². The molecular formula is C12H16BrNO4S. The van der Waals surface area contributed by atoms with Gasteiger partial charge in [-0.05, 0) is 24.3 Å². The number of benzene rings is 1. The van der Waals surface area contributed by atoms with E-state index >= 15 is 0 Å². The number of methoxy groups -OCH3 is 1. The summed E-state index contributed by atoms with van der Waals surface area (Å²) in [5, 5.41) is 0. The third-order valence-electron chi connectivity index (χ3n) is 2.66. The van der Waals surface area contributed by atoms with Gasteiger partial charge in [-0.1, -0.05) is 22.9 Å². The molecule has 1 aromatic rings. The van der Waals surface area contributed by atoms with E-state index in [-0.39, 0.29) is 11.4 Å². The maximum atomic E-state index is 12.2. The summed E-state index contributed by atoms with van der Waals surface area (Å²) >= 11 is 3.25. The van der Waals surface area contributed by atoms with Gasteiger partial charge in [0.05, 0.1) is 17.9 Å². The van der Waals surface area contributed by atoms with Crippen LogP contribution < -0.4 is 0 Å². The van der Waals surface area contributed by atoms with Crippen molar-refractivity contribution in [3.05, 3.63) is 28.7 Å². The standard InChI is InChI=1S/C12H16BrNO4S/c1-9(12(15)18-3)8-14(2)19(16,17)11-6-4-10(13)5-7-11/h4-7,9H,8H2,1-3H3. The van der Waals surface area contributed by atoms with Crippen LogP contribution in [0.1, 0.15) is 6.92 Å². The number of ether oxygens (including phenoxy) is 1. The van der Waals surface area contributed by atoms with Crippen LogP contribution in [-0.4, -0.2) is 39.4 Å². The minimum atomic E-state index is -3.59. The summed E-state index contributed by atoms with van der Waals surface area (Å²) < 4.78 is 31.0. The lowest BCUT2D eigenvalue weighted by atomic mass is 10.2. The van der Waals surface area contributed by atoms with Crippen molar-refractivity contribution in [1.82, 2.24) is 4.31 Å². The van der Waals surface area contributed by atoms with Gasteiger partial charge in [0.1, 0.15) is 0 Å². The molecule has 0 aliphatic carbocycles. The maximum Gasteiger partial charge on any atom is 0.309 e. The molecule has 0 heterocycles. The second-order valence-corrected chi connectivity index (χ2v) is 7.12. The summed E-state index contributed by atoms with van der Waals surface area (Å²) in [6.07, 6.45) is 0. The number of nitrogens with zero attached hydrogens (tertiary/aromatic N) is 1. The lowest BCUT2D eigenvalue weighted by Gasteiger charge is -2.20. The molecule has 1 atom stereocenters. The van der Waals surface area contributed by atoms with Gasteiger partial charge in [-0.25, -0.2) is 12.7 Å². The Balaban J connectivity index is 2.88. The molecule has 106 valence electrons. The van der Waals surface area contributed by atoms with Crippen molar-refractivity contribution in [2.75, 3.05) is 20.7 Å². The smallest absolute Gasteiger partial charge is 0.309 e. The fourth-order valence-electron chi connectivity index (χ4n) is 1.55. The Morgan fingerprint density at radius 3 is 2.37 bits per heavy atom. The molecule has 0 radical (unpaired) electrons. The summed E-state index contributed by atoms with van der Waals surface area (Å²) in [7, 11) is -0.867. The van der Waals surface area contributed by atoms with Crippen LogP contribution in [-0.2, 0) is 19.6 Å². The zero-order valence-corrected chi connectivity index (χ0v) is 13.4. The van der Waals surface area contributed by atoms with Crippen LogP contribution in [0.15, 0.2) is 33.6 Å². The second kappa shape index (κ2) is 6.49. The van der Waals surface area contributed by atoms with Gasteiger partial charge in [0.25, 0.3) is 0 Å². The monoisotopic (exact) mass is 349 g/mol. The van der Waals surface area contributed by atoms with Crippen molar-refractivity contribution in [3.63, 3.8) is 0 Å². The Labute approximate surface area is 121 Å². The number of rotatable bonds is 5. The number of carbonyl (C=O) groups is 1. The molecule has 0 fully saturated rings. The van der Waals surface area contributed by atoms with E-state index in [0.29, 0.717) is 0 Å². The van der Waals surface area contributed by atoms with Crippen molar-refractivity contribution in [2.45, 2.75) is 11.8 Å².